The van der Waals surface area contributed by atoms with E-state index in [-0.39, 0.29) is 25.8 Å². The van der Waals surface area contributed by atoms with Crippen molar-refractivity contribution in [1.29, 1.82) is 0 Å². The van der Waals surface area contributed by atoms with Crippen LogP contribution in [0.25, 0.3) is 0 Å². The van der Waals surface area contributed by atoms with Gasteiger partial charge in [-0.2, -0.15) is 0 Å². The third kappa shape index (κ3) is 2.24. The smallest absolute Gasteiger partial charge is 0 e. The van der Waals surface area contributed by atoms with Gasteiger partial charge in [-0.3, -0.25) is 0 Å². The Hall–Kier alpha value is -0.128. The fourth-order valence-corrected chi connectivity index (χ4v) is 0.629. The van der Waals surface area contributed by atoms with Crippen LogP contribution in [0.2, 0.25) is 0 Å². The molecule has 0 bridgehead atoms. The van der Waals surface area contributed by atoms with Crippen LogP contribution < -0.4 is 4.98 Å². The summed E-state index contributed by atoms with van der Waals surface area (Å²) >= 11 is 0. The molecule has 1 rings (SSSR count). The van der Waals surface area contributed by atoms with E-state index in [0.29, 0.717) is 0 Å². The molecule has 0 fully saturated rings. The third-order valence-electron chi connectivity index (χ3n) is 1.13. The fraction of sp³-hybridized carbons (Fsp3) is 0.571. The zero-order chi connectivity index (χ0) is 6.91. The van der Waals surface area contributed by atoms with Gasteiger partial charge in [-0.05, 0) is 5.41 Å². The normalized spacial score (nSPS) is 10.7. The van der Waals surface area contributed by atoms with Gasteiger partial charge in [0.15, 0.2) is 0 Å². The van der Waals surface area contributed by atoms with Gasteiger partial charge in [0.05, 0.1) is 0 Å². The second-order valence-electron chi connectivity index (χ2n) is 3.13. The molecule has 0 aliphatic rings. The van der Waals surface area contributed by atoms with Crippen molar-refractivity contribution >= 4 is 0 Å². The maximum atomic E-state index is 4.08. The number of imidazole rings is 1. The molecule has 0 spiro atoms. The van der Waals surface area contributed by atoms with Crippen LogP contribution in [0.1, 0.15) is 26.6 Å². The second-order valence-corrected chi connectivity index (χ2v) is 3.13. The van der Waals surface area contributed by atoms with E-state index in [1.807, 2.05) is 0 Å². The molecule has 2 nitrogen and oxygen atoms in total. The molecule has 0 aliphatic carbocycles. The van der Waals surface area contributed by atoms with Crippen molar-refractivity contribution in [1.82, 2.24) is 9.97 Å². The average Bonchev–Trinajstić information content (AvgIpc) is 2.08. The average molecular weight is 309 g/mol. The van der Waals surface area contributed by atoms with E-state index in [9.17, 15) is 0 Å². The van der Waals surface area contributed by atoms with Crippen LogP contribution in [0.5, 0.6) is 0 Å². The largest absolute Gasteiger partial charge is 0.446 e. The summed E-state index contributed by atoms with van der Waals surface area (Å²) in [6.45, 7) is 6.30. The van der Waals surface area contributed by atoms with E-state index in [1.165, 1.54) is 0 Å². The molecule has 0 aliphatic heterocycles. The van der Waals surface area contributed by atoms with E-state index in [1.54, 1.807) is 12.4 Å². The van der Waals surface area contributed by atoms with E-state index in [4.69, 9.17) is 0 Å². The van der Waals surface area contributed by atoms with E-state index < -0.39 is 0 Å². The molecule has 0 unspecified atom stereocenters. The predicted molar refractivity (Wildman–Crippen MR) is 36.3 cm³/mol. The van der Waals surface area contributed by atoms with Gasteiger partial charge in [-0.1, -0.05) is 39.0 Å². The van der Waals surface area contributed by atoms with Crippen molar-refractivity contribution in [2.24, 2.45) is 0 Å². The maximum absolute atomic E-state index is 4.08. The molecule has 0 N–H and O–H groups in total. The molecule has 1 radical (unpaired) electrons. The molecular weight excluding hydrogens is 298 g/mol. The molecule has 0 saturated heterocycles. The van der Waals surface area contributed by atoms with Crippen LogP contribution in [-0.2, 0) is 25.8 Å². The molecule has 1 aromatic heterocycles. The van der Waals surface area contributed by atoms with Crippen LogP contribution in [-0.4, -0.2) is 4.98 Å². The van der Waals surface area contributed by atoms with E-state index in [2.05, 4.69) is 30.7 Å². The van der Waals surface area contributed by atoms with Gasteiger partial charge in [0.1, 0.15) is 0 Å². The summed E-state index contributed by atoms with van der Waals surface area (Å²) in [5.74, 6) is 0.919. The van der Waals surface area contributed by atoms with Crippen LogP contribution in [0.3, 0.4) is 0 Å². The van der Waals surface area contributed by atoms with Crippen molar-refractivity contribution in [3.05, 3.63) is 18.2 Å². The Kier molecular flexibility index (Phi) is 3.28. The Morgan fingerprint density at radius 2 is 2.00 bits per heavy atom. The fourth-order valence-electron chi connectivity index (χ4n) is 0.629. The molecule has 0 aromatic carbocycles. The van der Waals surface area contributed by atoms with Crippen molar-refractivity contribution in [2.75, 3.05) is 0 Å². The number of rotatable bonds is 0. The van der Waals surface area contributed by atoms with Crippen molar-refractivity contribution in [2.45, 2.75) is 26.2 Å². The van der Waals surface area contributed by atoms with Crippen molar-refractivity contribution in [3.8, 4) is 0 Å². The molecule has 0 atom stereocenters. The Balaban J connectivity index is 0.000000810. The minimum absolute atomic E-state index is 0. The zero-order valence-corrected chi connectivity index (χ0v) is 9.14. The Morgan fingerprint density at radius 1 is 1.40 bits per heavy atom. The SMILES string of the molecule is CC(C)(C)c1ncc[n-]1.[Re]. The Morgan fingerprint density at radius 3 is 2.20 bits per heavy atom. The topological polar surface area (TPSA) is 27.0 Å². The first kappa shape index (κ1) is 9.87. The number of hydrogen-bond acceptors (Lipinski definition) is 1. The quantitative estimate of drug-likeness (QED) is 0.723. The van der Waals surface area contributed by atoms with Crippen molar-refractivity contribution in [3.63, 3.8) is 0 Å². The van der Waals surface area contributed by atoms with E-state index in [0.717, 1.165) is 5.82 Å². The van der Waals surface area contributed by atoms with Gasteiger partial charge in [0.2, 0.25) is 0 Å². The number of nitrogens with zero attached hydrogens (tertiary/aromatic N) is 2. The molecule has 0 amide bonds. The molecule has 10 heavy (non-hydrogen) atoms. The Labute approximate surface area is 75.1 Å². The van der Waals surface area contributed by atoms with Crippen LogP contribution in [0.4, 0.5) is 0 Å². The molecule has 1 aromatic rings. The third-order valence-corrected chi connectivity index (χ3v) is 1.13. The van der Waals surface area contributed by atoms with Crippen LogP contribution in [0.15, 0.2) is 12.4 Å². The van der Waals surface area contributed by atoms with Crippen molar-refractivity contribution < 1.29 is 20.4 Å². The standard InChI is InChI=1S/C7H11N2.Re/c1-7(2,3)6-8-4-5-9-6;/h4-5H,1-3H3;/q-1;. The molecule has 57 valence electrons. The summed E-state index contributed by atoms with van der Waals surface area (Å²) in [4.78, 5) is 8.15. The summed E-state index contributed by atoms with van der Waals surface area (Å²) < 4.78 is 0. The van der Waals surface area contributed by atoms with Gasteiger partial charge >= 0.3 is 0 Å². The first-order valence-corrected chi connectivity index (χ1v) is 3.05. The number of hydrogen-bond donors (Lipinski definition) is 0. The zero-order valence-electron chi connectivity index (χ0n) is 6.43. The molecule has 3 heteroatoms. The molecule has 1 heterocycles. The minimum Gasteiger partial charge on any atom is -0.446 e. The van der Waals surface area contributed by atoms with Gasteiger partial charge < -0.3 is 9.97 Å². The van der Waals surface area contributed by atoms with Gasteiger partial charge in [-0.15, -0.1) is 0 Å². The Bertz CT molecular complexity index is 174. The maximum Gasteiger partial charge on any atom is 0 e. The predicted octanol–water partition coefficient (Wildman–Crippen LogP) is 1.33. The number of aromatic nitrogens is 2. The minimum atomic E-state index is 0. The summed E-state index contributed by atoms with van der Waals surface area (Å²) in [7, 11) is 0. The summed E-state index contributed by atoms with van der Waals surface area (Å²) in [5, 5.41) is 0. The van der Waals surface area contributed by atoms with E-state index >= 15 is 0 Å². The second kappa shape index (κ2) is 3.32. The van der Waals surface area contributed by atoms with Gasteiger partial charge in [-0.25, -0.2) is 0 Å². The van der Waals surface area contributed by atoms with Gasteiger partial charge in [0, 0.05) is 20.4 Å². The molecular formula is C7H11N2Re-. The van der Waals surface area contributed by atoms with Crippen LogP contribution >= 0.6 is 0 Å². The van der Waals surface area contributed by atoms with Gasteiger partial charge in [0.25, 0.3) is 0 Å². The first-order valence-electron chi connectivity index (χ1n) is 3.05. The monoisotopic (exact) mass is 310 g/mol. The van der Waals surface area contributed by atoms with Crippen LogP contribution in [0, 0.1) is 0 Å². The summed E-state index contributed by atoms with van der Waals surface area (Å²) in [5.41, 5.74) is 0.101. The summed E-state index contributed by atoms with van der Waals surface area (Å²) in [6, 6.07) is 0. The molecule has 0 saturated carbocycles. The summed E-state index contributed by atoms with van der Waals surface area (Å²) in [6.07, 6.45) is 3.45. The first-order chi connectivity index (χ1) is 4.11.